The molecule has 1 aromatic carbocycles. The van der Waals surface area contributed by atoms with E-state index in [-0.39, 0.29) is 0 Å². The predicted molar refractivity (Wildman–Crippen MR) is 59.2 cm³/mol. The first-order valence-electron chi connectivity index (χ1n) is 3.72. The molecule has 0 aromatic heterocycles. The topological polar surface area (TPSA) is 30.8 Å². The Kier molecular flexibility index (Phi) is 3.89. The van der Waals surface area contributed by atoms with Crippen molar-refractivity contribution in [2.45, 2.75) is 0 Å². The third-order valence-corrected chi connectivity index (χ3v) is 2.01. The average Bonchev–Trinajstić information content (AvgIpc) is 2.20. The normalized spacial score (nSPS) is 9.07. The van der Waals surface area contributed by atoms with Crippen molar-refractivity contribution in [3.8, 4) is 11.5 Å². The van der Waals surface area contributed by atoms with Gasteiger partial charge in [0, 0.05) is 12.1 Å². The van der Waals surface area contributed by atoms with E-state index in [1.807, 2.05) is 0 Å². The Hall–Kier alpha value is -1.09. The molecule has 0 saturated heterocycles. The molecule has 74 valence electrons. The van der Waals surface area contributed by atoms with E-state index in [1.54, 1.807) is 12.1 Å². The lowest BCUT2D eigenvalue weighted by molar-refractivity contribution is 0.355. The summed E-state index contributed by atoms with van der Waals surface area (Å²) in [4.78, 5) is 3.79. The number of methoxy groups -OCH3 is 2. The zero-order valence-corrected chi connectivity index (χ0v) is 9.28. The molecule has 0 unspecified atom stereocenters. The number of nitrogens with zero attached hydrogens (tertiary/aromatic N) is 1. The number of hydrogen-bond donors (Lipinski definition) is 0. The van der Waals surface area contributed by atoms with Crippen LogP contribution >= 0.6 is 23.8 Å². The van der Waals surface area contributed by atoms with Crippen LogP contribution in [0.15, 0.2) is 17.1 Å². The number of aliphatic imine (C=N–C) groups is 1. The van der Waals surface area contributed by atoms with Crippen molar-refractivity contribution in [2.24, 2.45) is 4.99 Å². The molecule has 0 atom stereocenters. The van der Waals surface area contributed by atoms with Gasteiger partial charge in [0.05, 0.1) is 30.1 Å². The molecule has 0 heterocycles. The van der Waals surface area contributed by atoms with Crippen molar-refractivity contribution in [1.29, 1.82) is 0 Å². The van der Waals surface area contributed by atoms with Gasteiger partial charge in [-0.15, -0.1) is 0 Å². The summed E-state index contributed by atoms with van der Waals surface area (Å²) < 4.78 is 10.1. The zero-order valence-electron chi connectivity index (χ0n) is 7.70. The summed E-state index contributed by atoms with van der Waals surface area (Å²) in [5.41, 5.74) is 0.513. The first kappa shape index (κ1) is 11.0. The summed E-state index contributed by atoms with van der Waals surface area (Å²) in [6, 6.07) is 3.26. The van der Waals surface area contributed by atoms with Crippen LogP contribution < -0.4 is 9.47 Å². The van der Waals surface area contributed by atoms with Crippen molar-refractivity contribution in [3.05, 3.63) is 17.2 Å². The van der Waals surface area contributed by atoms with Crippen LogP contribution in [0, 0.1) is 0 Å². The fourth-order valence-electron chi connectivity index (χ4n) is 0.978. The molecule has 3 nitrogen and oxygen atoms in total. The minimum atomic E-state index is 0.444. The Balaban J connectivity index is 3.29. The lowest BCUT2D eigenvalue weighted by Gasteiger charge is -2.08. The van der Waals surface area contributed by atoms with Gasteiger partial charge in [0.15, 0.2) is 11.5 Å². The maximum Gasteiger partial charge on any atom is 0.163 e. The van der Waals surface area contributed by atoms with E-state index in [1.165, 1.54) is 14.2 Å². The van der Waals surface area contributed by atoms with Gasteiger partial charge in [-0.25, -0.2) is 0 Å². The molecule has 1 aromatic rings. The van der Waals surface area contributed by atoms with E-state index >= 15 is 0 Å². The molecule has 0 fully saturated rings. The lowest BCUT2D eigenvalue weighted by Crippen LogP contribution is -1.89. The molecular formula is C9H8ClNO2S. The van der Waals surface area contributed by atoms with Gasteiger partial charge < -0.3 is 9.47 Å². The Morgan fingerprint density at radius 1 is 1.29 bits per heavy atom. The van der Waals surface area contributed by atoms with E-state index in [0.29, 0.717) is 22.2 Å². The zero-order chi connectivity index (χ0) is 10.6. The second kappa shape index (κ2) is 4.96. The first-order valence-corrected chi connectivity index (χ1v) is 4.51. The van der Waals surface area contributed by atoms with Crippen molar-refractivity contribution in [3.63, 3.8) is 0 Å². The third-order valence-electron chi connectivity index (χ3n) is 1.62. The fourth-order valence-corrected chi connectivity index (χ4v) is 1.27. The highest BCUT2D eigenvalue weighted by Crippen LogP contribution is 2.37. The van der Waals surface area contributed by atoms with Crippen LogP contribution in [0.2, 0.25) is 5.02 Å². The van der Waals surface area contributed by atoms with Crippen LogP contribution in [0.1, 0.15) is 0 Å². The molecule has 5 heteroatoms. The standard InChI is InChI=1S/C9H8ClNO2S/c1-12-8-3-6(10)7(11-5-14)4-9(8)13-2/h3-4H,1-2H3. The Morgan fingerprint density at radius 2 is 1.86 bits per heavy atom. The molecule has 0 saturated carbocycles. The molecular weight excluding hydrogens is 222 g/mol. The number of hydrogen-bond acceptors (Lipinski definition) is 4. The van der Waals surface area contributed by atoms with Crippen LogP contribution in [-0.2, 0) is 0 Å². The maximum atomic E-state index is 5.90. The number of benzene rings is 1. The molecule has 1 rings (SSSR count). The maximum absolute atomic E-state index is 5.90. The van der Waals surface area contributed by atoms with Gasteiger partial charge >= 0.3 is 0 Å². The molecule has 0 bridgehead atoms. The van der Waals surface area contributed by atoms with Gasteiger partial charge in [0.1, 0.15) is 0 Å². The second-order valence-corrected chi connectivity index (χ2v) is 2.95. The molecule has 0 N–H and O–H groups in total. The Labute approximate surface area is 92.3 Å². The van der Waals surface area contributed by atoms with E-state index in [4.69, 9.17) is 21.1 Å². The molecule has 0 spiro atoms. The van der Waals surface area contributed by atoms with E-state index < -0.39 is 0 Å². The summed E-state index contributed by atoms with van der Waals surface area (Å²) >= 11 is 10.4. The van der Waals surface area contributed by atoms with E-state index in [9.17, 15) is 0 Å². The molecule has 0 aliphatic heterocycles. The second-order valence-electron chi connectivity index (χ2n) is 2.36. The fraction of sp³-hybridized carbons (Fsp3) is 0.222. The summed E-state index contributed by atoms with van der Waals surface area (Å²) in [5.74, 6) is 1.11. The minimum absolute atomic E-state index is 0.444. The highest BCUT2D eigenvalue weighted by molar-refractivity contribution is 7.78. The largest absolute Gasteiger partial charge is 0.493 e. The highest BCUT2D eigenvalue weighted by atomic mass is 35.5. The van der Waals surface area contributed by atoms with Gasteiger partial charge in [-0.05, 0) is 12.2 Å². The van der Waals surface area contributed by atoms with E-state index in [2.05, 4.69) is 22.4 Å². The monoisotopic (exact) mass is 229 g/mol. The molecule has 0 radical (unpaired) electrons. The Bertz CT molecular complexity index is 389. The van der Waals surface area contributed by atoms with Crippen LogP contribution in [0.3, 0.4) is 0 Å². The van der Waals surface area contributed by atoms with Crippen molar-refractivity contribution < 1.29 is 9.47 Å². The number of halogens is 1. The van der Waals surface area contributed by atoms with E-state index in [0.717, 1.165) is 0 Å². The SMILES string of the molecule is COc1cc(Cl)c(N=C=S)cc1OC. The van der Waals surface area contributed by atoms with Crippen molar-refractivity contribution >= 4 is 34.7 Å². The molecule has 0 amide bonds. The van der Waals surface area contributed by atoms with Crippen LogP contribution in [0.4, 0.5) is 5.69 Å². The molecule has 0 aliphatic rings. The van der Waals surface area contributed by atoms with Crippen molar-refractivity contribution in [1.82, 2.24) is 0 Å². The third kappa shape index (κ3) is 2.23. The summed E-state index contributed by atoms with van der Waals surface area (Å²) in [5, 5.41) is 2.69. The van der Waals surface area contributed by atoms with Crippen molar-refractivity contribution in [2.75, 3.05) is 14.2 Å². The first-order chi connectivity index (χ1) is 6.72. The minimum Gasteiger partial charge on any atom is -0.493 e. The number of isothiocyanates is 1. The summed E-state index contributed by atoms with van der Waals surface area (Å²) in [7, 11) is 3.08. The summed E-state index contributed by atoms with van der Waals surface area (Å²) in [6.07, 6.45) is 0. The van der Waals surface area contributed by atoms with Gasteiger partial charge in [0.2, 0.25) is 0 Å². The number of thiocarbonyl (C=S) groups is 1. The van der Waals surface area contributed by atoms with Gasteiger partial charge in [-0.2, -0.15) is 4.99 Å². The van der Waals surface area contributed by atoms with Gasteiger partial charge in [0.25, 0.3) is 0 Å². The van der Waals surface area contributed by atoms with Crippen LogP contribution in [-0.4, -0.2) is 19.4 Å². The smallest absolute Gasteiger partial charge is 0.163 e. The van der Waals surface area contributed by atoms with Crippen LogP contribution in [0.25, 0.3) is 0 Å². The molecule has 14 heavy (non-hydrogen) atoms. The Morgan fingerprint density at radius 3 is 2.36 bits per heavy atom. The lowest BCUT2D eigenvalue weighted by atomic mass is 10.3. The predicted octanol–water partition coefficient (Wildman–Crippen LogP) is 3.09. The van der Waals surface area contributed by atoms with Gasteiger partial charge in [-0.1, -0.05) is 11.6 Å². The number of rotatable bonds is 3. The summed E-state index contributed by atoms with van der Waals surface area (Å²) in [6.45, 7) is 0. The number of ether oxygens (including phenoxy) is 2. The average molecular weight is 230 g/mol. The quantitative estimate of drug-likeness (QED) is 0.590. The molecule has 0 aliphatic carbocycles. The highest BCUT2D eigenvalue weighted by Gasteiger charge is 2.08. The van der Waals surface area contributed by atoms with Crippen LogP contribution in [0.5, 0.6) is 11.5 Å². The van der Waals surface area contributed by atoms with Gasteiger partial charge in [-0.3, -0.25) is 0 Å².